The van der Waals surface area contributed by atoms with Crippen LogP contribution in [-0.4, -0.2) is 43.6 Å². The van der Waals surface area contributed by atoms with Gasteiger partial charge in [-0.05, 0) is 49.4 Å². The third-order valence-electron chi connectivity index (χ3n) is 4.06. The quantitative estimate of drug-likeness (QED) is 0.483. The van der Waals surface area contributed by atoms with Crippen LogP contribution in [0.1, 0.15) is 12.8 Å². The lowest BCUT2D eigenvalue weighted by Gasteiger charge is -2.17. The van der Waals surface area contributed by atoms with E-state index in [1.807, 2.05) is 31.2 Å². The van der Waals surface area contributed by atoms with E-state index in [0.29, 0.717) is 16.9 Å². The summed E-state index contributed by atoms with van der Waals surface area (Å²) in [6, 6.07) is 12.0. The Balaban J connectivity index is 1.79. The summed E-state index contributed by atoms with van der Waals surface area (Å²) in [5.74, 6) is 1.54. The minimum atomic E-state index is -3.84. The molecule has 2 aromatic carbocycles. The molecule has 29 heavy (non-hydrogen) atoms. The molecular formula is C19H20BrN3O5S. The number of hydrogen-bond donors (Lipinski definition) is 0. The first kappa shape index (κ1) is 21.3. The van der Waals surface area contributed by atoms with Crippen molar-refractivity contribution in [2.45, 2.75) is 18.4 Å². The minimum absolute atomic E-state index is 0.0446. The summed E-state index contributed by atoms with van der Waals surface area (Å²) < 4.78 is 43.5. The van der Waals surface area contributed by atoms with Gasteiger partial charge in [0.1, 0.15) is 16.4 Å². The summed E-state index contributed by atoms with van der Waals surface area (Å²) in [7, 11) is -0.975. The zero-order valence-electron chi connectivity index (χ0n) is 16.1. The number of nitrogens with zero attached hydrogens (tertiary/aromatic N) is 3. The van der Waals surface area contributed by atoms with Crippen molar-refractivity contribution < 1.29 is 22.4 Å². The van der Waals surface area contributed by atoms with Gasteiger partial charge in [-0.15, -0.1) is 0 Å². The molecule has 0 aliphatic rings. The van der Waals surface area contributed by atoms with E-state index in [4.69, 9.17) is 14.0 Å². The maximum Gasteiger partial charge on any atom is 0.247 e. The smallest absolute Gasteiger partial charge is 0.247 e. The Morgan fingerprint density at radius 1 is 1.17 bits per heavy atom. The molecule has 10 heteroatoms. The van der Waals surface area contributed by atoms with E-state index < -0.39 is 10.0 Å². The van der Waals surface area contributed by atoms with Gasteiger partial charge < -0.3 is 14.0 Å². The van der Waals surface area contributed by atoms with Crippen LogP contribution in [0, 0.1) is 0 Å². The SMILES string of the molecule is CCOc1ccc(-c2noc(CN(C)S(=O)(=O)c3cc(Br)ccc3OC)n2)cc1. The molecule has 0 bridgehead atoms. The van der Waals surface area contributed by atoms with E-state index in [9.17, 15) is 8.42 Å². The summed E-state index contributed by atoms with van der Waals surface area (Å²) in [5, 5.41) is 3.94. The molecule has 3 rings (SSSR count). The number of hydrogen-bond acceptors (Lipinski definition) is 7. The summed E-state index contributed by atoms with van der Waals surface area (Å²) in [4.78, 5) is 4.34. The lowest BCUT2D eigenvalue weighted by atomic mass is 10.2. The fraction of sp³-hybridized carbons (Fsp3) is 0.263. The summed E-state index contributed by atoms with van der Waals surface area (Å²) in [5.41, 5.74) is 0.739. The van der Waals surface area contributed by atoms with E-state index in [1.54, 1.807) is 12.1 Å². The molecule has 1 aromatic heterocycles. The Hall–Kier alpha value is -2.43. The second-order valence-corrected chi connectivity index (χ2v) is 8.95. The average molecular weight is 482 g/mol. The Labute approximate surface area is 177 Å². The number of benzene rings is 2. The van der Waals surface area contributed by atoms with E-state index in [2.05, 4.69) is 26.1 Å². The predicted octanol–water partition coefficient (Wildman–Crippen LogP) is 3.73. The normalized spacial score (nSPS) is 11.6. The number of rotatable bonds is 8. The fourth-order valence-electron chi connectivity index (χ4n) is 2.60. The highest BCUT2D eigenvalue weighted by atomic mass is 79.9. The van der Waals surface area contributed by atoms with Crippen LogP contribution in [0.4, 0.5) is 0 Å². The first-order valence-corrected chi connectivity index (χ1v) is 10.9. The Bertz CT molecular complexity index is 1080. The van der Waals surface area contributed by atoms with Crippen molar-refractivity contribution in [2.75, 3.05) is 20.8 Å². The number of methoxy groups -OCH3 is 1. The van der Waals surface area contributed by atoms with Gasteiger partial charge in [0.05, 0.1) is 20.3 Å². The topological polar surface area (TPSA) is 94.8 Å². The van der Waals surface area contributed by atoms with Crippen LogP contribution in [-0.2, 0) is 16.6 Å². The van der Waals surface area contributed by atoms with Gasteiger partial charge in [-0.3, -0.25) is 0 Å². The van der Waals surface area contributed by atoms with Crippen molar-refractivity contribution in [1.82, 2.24) is 14.4 Å². The van der Waals surface area contributed by atoms with Gasteiger partial charge in [-0.25, -0.2) is 8.42 Å². The van der Waals surface area contributed by atoms with Gasteiger partial charge in [0.15, 0.2) is 0 Å². The maximum absolute atomic E-state index is 13.0. The number of ether oxygens (including phenoxy) is 2. The summed E-state index contributed by atoms with van der Waals surface area (Å²) >= 11 is 3.29. The zero-order chi connectivity index (χ0) is 21.0. The fourth-order valence-corrected chi connectivity index (χ4v) is 4.41. The van der Waals surface area contributed by atoms with Crippen molar-refractivity contribution in [2.24, 2.45) is 0 Å². The third kappa shape index (κ3) is 4.77. The molecular weight excluding hydrogens is 462 g/mol. The van der Waals surface area contributed by atoms with Crippen LogP contribution >= 0.6 is 15.9 Å². The van der Waals surface area contributed by atoms with Gasteiger partial charge in [-0.1, -0.05) is 21.1 Å². The Kier molecular flexibility index (Phi) is 6.56. The van der Waals surface area contributed by atoms with Crippen LogP contribution in [0.5, 0.6) is 11.5 Å². The molecule has 0 aliphatic heterocycles. The minimum Gasteiger partial charge on any atom is -0.495 e. The lowest BCUT2D eigenvalue weighted by molar-refractivity contribution is 0.335. The highest BCUT2D eigenvalue weighted by Gasteiger charge is 2.27. The number of aromatic nitrogens is 2. The number of sulfonamides is 1. The van der Waals surface area contributed by atoms with Gasteiger partial charge >= 0.3 is 0 Å². The van der Waals surface area contributed by atoms with Crippen molar-refractivity contribution in [3.63, 3.8) is 0 Å². The van der Waals surface area contributed by atoms with Gasteiger partial charge in [0.2, 0.25) is 21.7 Å². The second kappa shape index (κ2) is 8.93. The molecule has 0 fully saturated rings. The largest absolute Gasteiger partial charge is 0.495 e. The molecule has 0 N–H and O–H groups in total. The first-order valence-electron chi connectivity index (χ1n) is 8.71. The number of halogens is 1. The van der Waals surface area contributed by atoms with Crippen molar-refractivity contribution in [1.29, 1.82) is 0 Å². The highest BCUT2D eigenvalue weighted by molar-refractivity contribution is 9.10. The summed E-state index contributed by atoms with van der Waals surface area (Å²) in [6.07, 6.45) is 0. The Morgan fingerprint density at radius 2 is 1.90 bits per heavy atom. The third-order valence-corrected chi connectivity index (χ3v) is 6.38. The zero-order valence-corrected chi connectivity index (χ0v) is 18.5. The lowest BCUT2D eigenvalue weighted by Crippen LogP contribution is -2.27. The molecule has 0 saturated carbocycles. The molecule has 0 atom stereocenters. The van der Waals surface area contributed by atoms with E-state index in [0.717, 1.165) is 15.6 Å². The summed E-state index contributed by atoms with van der Waals surface area (Å²) in [6.45, 7) is 2.41. The van der Waals surface area contributed by atoms with Crippen LogP contribution in [0.25, 0.3) is 11.4 Å². The molecule has 0 aliphatic carbocycles. The molecule has 0 spiro atoms. The monoisotopic (exact) mass is 481 g/mol. The molecule has 1 heterocycles. The van der Waals surface area contributed by atoms with Crippen molar-refractivity contribution in [3.05, 3.63) is 52.8 Å². The predicted molar refractivity (Wildman–Crippen MR) is 110 cm³/mol. The van der Waals surface area contributed by atoms with Crippen LogP contribution < -0.4 is 9.47 Å². The molecule has 0 unspecified atom stereocenters. The molecule has 0 amide bonds. The Morgan fingerprint density at radius 3 is 2.55 bits per heavy atom. The molecule has 3 aromatic rings. The van der Waals surface area contributed by atoms with E-state index in [1.165, 1.54) is 20.2 Å². The highest BCUT2D eigenvalue weighted by Crippen LogP contribution is 2.30. The van der Waals surface area contributed by atoms with Crippen LogP contribution in [0.3, 0.4) is 0 Å². The van der Waals surface area contributed by atoms with Gasteiger partial charge in [0.25, 0.3) is 0 Å². The molecule has 154 valence electrons. The molecule has 0 saturated heterocycles. The standard InChI is InChI=1S/C19H20BrN3O5S/c1-4-27-15-8-5-13(6-9-15)19-21-18(28-22-19)12-23(2)29(24,25)17-11-14(20)7-10-16(17)26-3/h5-11H,4,12H2,1-3H3. The second-order valence-electron chi connectivity index (χ2n) is 6.03. The van der Waals surface area contributed by atoms with Crippen LogP contribution in [0.2, 0.25) is 0 Å². The average Bonchev–Trinajstić information content (AvgIpc) is 3.17. The van der Waals surface area contributed by atoms with Crippen molar-refractivity contribution >= 4 is 26.0 Å². The molecule has 0 radical (unpaired) electrons. The van der Waals surface area contributed by atoms with Gasteiger partial charge in [0, 0.05) is 17.1 Å². The van der Waals surface area contributed by atoms with E-state index in [-0.39, 0.29) is 23.1 Å². The maximum atomic E-state index is 13.0. The van der Waals surface area contributed by atoms with Crippen molar-refractivity contribution in [3.8, 4) is 22.9 Å². The van der Waals surface area contributed by atoms with Gasteiger partial charge in [-0.2, -0.15) is 9.29 Å². The van der Waals surface area contributed by atoms with E-state index >= 15 is 0 Å². The first-order chi connectivity index (χ1) is 13.8. The van der Waals surface area contributed by atoms with Crippen LogP contribution in [0.15, 0.2) is 56.4 Å². The molecule has 8 nitrogen and oxygen atoms in total.